The van der Waals surface area contributed by atoms with E-state index in [0.717, 1.165) is 40.6 Å². The molecule has 168 valence electrons. The summed E-state index contributed by atoms with van der Waals surface area (Å²) in [6.07, 6.45) is 2.99. The zero-order valence-electron chi connectivity index (χ0n) is 19.3. The van der Waals surface area contributed by atoms with Crippen molar-refractivity contribution < 1.29 is 4.79 Å². The molecule has 0 aliphatic heterocycles. The highest BCUT2D eigenvalue weighted by atomic mass is 16.2. The van der Waals surface area contributed by atoms with E-state index in [2.05, 4.69) is 29.4 Å². The third kappa shape index (κ3) is 3.49. The van der Waals surface area contributed by atoms with Crippen LogP contribution in [0.4, 0.5) is 0 Å². The maximum Gasteiger partial charge on any atom is 0.291 e. The molecule has 0 spiro atoms. The van der Waals surface area contributed by atoms with Crippen molar-refractivity contribution in [2.75, 3.05) is 6.54 Å². The largest absolute Gasteiger partial charge is 0.354 e. The van der Waals surface area contributed by atoms with Crippen molar-refractivity contribution in [3.8, 4) is 0 Å². The Hall–Kier alpha value is -3.42. The number of amides is 1. The van der Waals surface area contributed by atoms with Gasteiger partial charge in [0.15, 0.2) is 0 Å². The van der Waals surface area contributed by atoms with Gasteiger partial charge in [-0.3, -0.25) is 14.3 Å². The first-order valence-corrected chi connectivity index (χ1v) is 11.1. The Labute approximate surface area is 186 Å². The number of benzene rings is 1. The fraction of sp³-hybridized carbons (Fsp3) is 0.417. The summed E-state index contributed by atoms with van der Waals surface area (Å²) in [5.74, 6) is -0.0905. The molecule has 1 N–H and O–H groups in total. The molecule has 1 aromatic carbocycles. The minimum atomic E-state index is -0.493. The predicted molar refractivity (Wildman–Crippen MR) is 126 cm³/mol. The first-order valence-electron chi connectivity index (χ1n) is 11.1. The van der Waals surface area contributed by atoms with Gasteiger partial charge in [0.1, 0.15) is 11.6 Å². The molecule has 3 heterocycles. The van der Waals surface area contributed by atoms with Crippen molar-refractivity contribution in [3.63, 3.8) is 0 Å². The lowest BCUT2D eigenvalue weighted by Crippen LogP contribution is -2.35. The summed E-state index contributed by atoms with van der Waals surface area (Å²) in [6, 6.07) is 7.30. The molecule has 3 aromatic heterocycles. The molecule has 32 heavy (non-hydrogen) atoms. The maximum absolute atomic E-state index is 13.3. The molecule has 0 radical (unpaired) electrons. The highest BCUT2D eigenvalue weighted by Gasteiger charge is 2.25. The van der Waals surface area contributed by atoms with Gasteiger partial charge in [-0.1, -0.05) is 25.1 Å². The molecule has 4 aromatic rings. The van der Waals surface area contributed by atoms with Gasteiger partial charge >= 0.3 is 0 Å². The van der Waals surface area contributed by atoms with E-state index in [0.29, 0.717) is 18.5 Å². The SMILES string of the molecule is CC[C@H](C(=O)NCCc1c(C)nn(CC)c1C)n1c2ccccc2c2cnn(C)c(=O)c21. The quantitative estimate of drug-likeness (QED) is 0.484. The van der Waals surface area contributed by atoms with Crippen LogP contribution in [-0.4, -0.2) is 36.6 Å². The van der Waals surface area contributed by atoms with Crippen LogP contribution in [0, 0.1) is 13.8 Å². The molecule has 0 aliphatic rings. The molecule has 1 amide bonds. The zero-order valence-corrected chi connectivity index (χ0v) is 19.3. The van der Waals surface area contributed by atoms with Gasteiger partial charge < -0.3 is 9.88 Å². The van der Waals surface area contributed by atoms with Crippen molar-refractivity contribution in [3.05, 3.63) is 57.8 Å². The van der Waals surface area contributed by atoms with Gasteiger partial charge in [0.05, 0.1) is 17.4 Å². The maximum atomic E-state index is 13.3. The van der Waals surface area contributed by atoms with E-state index in [9.17, 15) is 9.59 Å². The van der Waals surface area contributed by atoms with Crippen LogP contribution in [0.2, 0.25) is 0 Å². The topological polar surface area (TPSA) is 86.7 Å². The van der Waals surface area contributed by atoms with Crippen LogP contribution in [0.25, 0.3) is 21.8 Å². The second-order valence-electron chi connectivity index (χ2n) is 8.15. The standard InChI is InChI=1S/C24H30N6O2/c1-6-20(23(31)25-13-12-17-15(3)27-29(7-2)16(17)4)30-21-11-9-8-10-18(21)19-14-26-28(5)24(32)22(19)30/h8-11,14,20H,6-7,12-13H2,1-5H3,(H,25,31)/t20-/m1/s1. The second-order valence-corrected chi connectivity index (χ2v) is 8.15. The summed E-state index contributed by atoms with van der Waals surface area (Å²) >= 11 is 0. The van der Waals surface area contributed by atoms with Crippen molar-refractivity contribution in [2.24, 2.45) is 7.05 Å². The van der Waals surface area contributed by atoms with Crippen LogP contribution in [0.1, 0.15) is 43.3 Å². The first kappa shape index (κ1) is 21.8. The van der Waals surface area contributed by atoms with Gasteiger partial charge in [-0.2, -0.15) is 10.2 Å². The average molecular weight is 435 g/mol. The number of para-hydroxylation sites is 1. The number of hydrogen-bond donors (Lipinski definition) is 1. The molecule has 0 saturated carbocycles. The van der Waals surface area contributed by atoms with E-state index < -0.39 is 6.04 Å². The predicted octanol–water partition coefficient (Wildman–Crippen LogP) is 3.03. The molecule has 4 rings (SSSR count). The molecule has 8 nitrogen and oxygen atoms in total. The molecule has 0 aliphatic carbocycles. The summed E-state index contributed by atoms with van der Waals surface area (Å²) in [4.78, 5) is 26.3. The Kier molecular flexibility index (Phi) is 5.86. The fourth-order valence-electron chi connectivity index (χ4n) is 4.63. The smallest absolute Gasteiger partial charge is 0.291 e. The van der Waals surface area contributed by atoms with Gasteiger partial charge in [0.25, 0.3) is 5.56 Å². The highest BCUT2D eigenvalue weighted by molar-refractivity contribution is 6.08. The average Bonchev–Trinajstić information content (AvgIpc) is 3.26. The third-order valence-corrected chi connectivity index (χ3v) is 6.31. The lowest BCUT2D eigenvalue weighted by molar-refractivity contribution is -0.124. The molecule has 1 atom stereocenters. The van der Waals surface area contributed by atoms with Crippen LogP contribution < -0.4 is 10.9 Å². The minimum Gasteiger partial charge on any atom is -0.354 e. The third-order valence-electron chi connectivity index (χ3n) is 6.31. The van der Waals surface area contributed by atoms with Crippen molar-refractivity contribution in [2.45, 2.75) is 53.1 Å². The lowest BCUT2D eigenvalue weighted by Gasteiger charge is -2.19. The van der Waals surface area contributed by atoms with Crippen LogP contribution in [0.3, 0.4) is 0 Å². The molecule has 8 heteroatoms. The summed E-state index contributed by atoms with van der Waals surface area (Å²) in [6.45, 7) is 9.46. The van der Waals surface area contributed by atoms with E-state index >= 15 is 0 Å². The summed E-state index contributed by atoms with van der Waals surface area (Å²) in [7, 11) is 1.63. The van der Waals surface area contributed by atoms with Gasteiger partial charge in [-0.15, -0.1) is 0 Å². The van der Waals surface area contributed by atoms with Crippen molar-refractivity contribution in [1.82, 2.24) is 29.4 Å². The minimum absolute atomic E-state index is 0.0905. The van der Waals surface area contributed by atoms with Crippen LogP contribution in [0.5, 0.6) is 0 Å². The number of aryl methyl sites for hydroxylation is 3. The normalized spacial score (nSPS) is 12.5. The van der Waals surface area contributed by atoms with Crippen molar-refractivity contribution >= 4 is 27.7 Å². The Morgan fingerprint density at radius 2 is 1.91 bits per heavy atom. The first-order chi connectivity index (χ1) is 15.4. The number of aromatic nitrogens is 5. The number of carbonyl (C=O) groups is 1. The Morgan fingerprint density at radius 1 is 1.16 bits per heavy atom. The molecule has 0 bridgehead atoms. The highest BCUT2D eigenvalue weighted by Crippen LogP contribution is 2.30. The number of hydrogen-bond acceptors (Lipinski definition) is 4. The van der Waals surface area contributed by atoms with Crippen molar-refractivity contribution in [1.29, 1.82) is 0 Å². The fourth-order valence-corrected chi connectivity index (χ4v) is 4.63. The monoisotopic (exact) mass is 434 g/mol. The Bertz CT molecular complexity index is 1360. The molecular formula is C24H30N6O2. The molecule has 0 unspecified atom stereocenters. The van der Waals surface area contributed by atoms with Crippen LogP contribution >= 0.6 is 0 Å². The van der Waals surface area contributed by atoms with Gasteiger partial charge in [-0.25, -0.2) is 4.68 Å². The summed E-state index contributed by atoms with van der Waals surface area (Å²) in [5.41, 5.74) is 4.50. The second kappa shape index (κ2) is 8.61. The van der Waals surface area contributed by atoms with Gasteiger partial charge in [0, 0.05) is 36.6 Å². The Morgan fingerprint density at radius 3 is 2.59 bits per heavy atom. The van der Waals surface area contributed by atoms with E-state index in [1.165, 1.54) is 10.2 Å². The summed E-state index contributed by atoms with van der Waals surface area (Å²) < 4.78 is 5.19. The Balaban J connectivity index is 1.66. The molecule has 0 saturated heterocycles. The molecular weight excluding hydrogens is 404 g/mol. The van der Waals surface area contributed by atoms with E-state index in [-0.39, 0.29) is 11.5 Å². The number of rotatable bonds is 7. The number of nitrogens with zero attached hydrogens (tertiary/aromatic N) is 5. The zero-order chi connectivity index (χ0) is 23.0. The van der Waals surface area contributed by atoms with Crippen LogP contribution in [-0.2, 0) is 24.8 Å². The van der Waals surface area contributed by atoms with Gasteiger partial charge in [0.2, 0.25) is 5.91 Å². The van der Waals surface area contributed by atoms with E-state index in [4.69, 9.17) is 0 Å². The number of carbonyl (C=O) groups excluding carboxylic acids is 1. The van der Waals surface area contributed by atoms with Gasteiger partial charge in [-0.05, 0) is 45.2 Å². The van der Waals surface area contributed by atoms with E-state index in [1.54, 1.807) is 13.2 Å². The number of nitrogens with one attached hydrogen (secondary N) is 1. The van der Waals surface area contributed by atoms with Crippen LogP contribution in [0.15, 0.2) is 35.3 Å². The number of fused-ring (bicyclic) bond motifs is 3. The lowest BCUT2D eigenvalue weighted by atomic mass is 10.1. The summed E-state index contributed by atoms with van der Waals surface area (Å²) in [5, 5.41) is 13.5. The molecule has 0 fully saturated rings. The van der Waals surface area contributed by atoms with E-state index in [1.807, 2.05) is 47.4 Å².